The van der Waals surface area contributed by atoms with Crippen molar-refractivity contribution in [1.29, 1.82) is 0 Å². The lowest BCUT2D eigenvalue weighted by molar-refractivity contribution is -0.137. The zero-order valence-corrected chi connectivity index (χ0v) is 21.0. The molecule has 0 atom stereocenters. The Morgan fingerprint density at radius 1 is 0.974 bits per heavy atom. The minimum atomic E-state index is -4.68. The highest BCUT2D eigenvalue weighted by Crippen LogP contribution is 2.40. The Morgan fingerprint density at radius 3 is 2.39 bits per heavy atom. The minimum absolute atomic E-state index is 0.0126. The van der Waals surface area contributed by atoms with Crippen molar-refractivity contribution in [2.75, 3.05) is 16.4 Å². The van der Waals surface area contributed by atoms with Crippen LogP contribution in [0.3, 0.4) is 0 Å². The summed E-state index contributed by atoms with van der Waals surface area (Å²) in [6.45, 7) is 0.438. The van der Waals surface area contributed by atoms with Crippen molar-refractivity contribution in [2.45, 2.75) is 24.2 Å². The summed E-state index contributed by atoms with van der Waals surface area (Å²) in [5.74, 6) is 0.0126. The molecule has 0 bridgehead atoms. The number of anilines is 2. The lowest BCUT2D eigenvalue weighted by Gasteiger charge is -2.15. The monoisotopic (exact) mass is 561 g/mol. The van der Waals surface area contributed by atoms with Crippen LogP contribution >= 0.6 is 11.6 Å². The molecule has 2 N–H and O–H groups in total. The topological polar surface area (TPSA) is 106 Å². The molecule has 0 saturated heterocycles. The number of carbonyl (C=O) groups is 1. The third-order valence-corrected chi connectivity index (χ3v) is 8.04. The number of nitrogens with zero attached hydrogens (tertiary/aromatic N) is 3. The number of alkyl halides is 3. The highest BCUT2D eigenvalue weighted by atomic mass is 35.5. The maximum absolute atomic E-state index is 13.1. The number of carbonyl (C=O) groups excluding carboxylic acids is 1. The van der Waals surface area contributed by atoms with Crippen molar-refractivity contribution >= 4 is 38.8 Å². The van der Waals surface area contributed by atoms with Crippen molar-refractivity contribution in [1.82, 2.24) is 14.8 Å². The molecule has 196 valence electrons. The summed E-state index contributed by atoms with van der Waals surface area (Å²) in [6.07, 6.45) is -1.12. The largest absolute Gasteiger partial charge is 0.417 e. The third kappa shape index (κ3) is 5.09. The van der Waals surface area contributed by atoms with Gasteiger partial charge in [-0.05, 0) is 54.4 Å². The number of aromatic nitrogens is 3. The van der Waals surface area contributed by atoms with E-state index in [9.17, 15) is 26.4 Å². The second-order valence-electron chi connectivity index (χ2n) is 8.51. The van der Waals surface area contributed by atoms with Gasteiger partial charge in [-0.25, -0.2) is 13.2 Å². The summed E-state index contributed by atoms with van der Waals surface area (Å²) in [5.41, 5.74) is 1.17. The van der Waals surface area contributed by atoms with Crippen molar-refractivity contribution in [3.63, 3.8) is 0 Å². The number of urea groups is 1. The first kappa shape index (κ1) is 25.7. The molecule has 8 nitrogen and oxygen atoms in total. The summed E-state index contributed by atoms with van der Waals surface area (Å²) < 4.78 is 66.9. The van der Waals surface area contributed by atoms with Crippen LogP contribution in [0.2, 0.25) is 5.02 Å². The molecule has 5 rings (SSSR count). The van der Waals surface area contributed by atoms with E-state index in [0.717, 1.165) is 12.1 Å². The maximum atomic E-state index is 13.1. The van der Waals surface area contributed by atoms with Crippen molar-refractivity contribution in [2.24, 2.45) is 0 Å². The highest BCUT2D eigenvalue weighted by Gasteiger charge is 2.34. The van der Waals surface area contributed by atoms with Crippen LogP contribution in [0, 0.1) is 0 Å². The molecule has 1 aliphatic rings. The molecule has 2 aromatic heterocycles. The van der Waals surface area contributed by atoms with Crippen molar-refractivity contribution < 1.29 is 26.4 Å². The lowest BCUT2D eigenvalue weighted by atomic mass is 10.0. The number of nitrogens with one attached hydrogen (secondary N) is 2. The summed E-state index contributed by atoms with van der Waals surface area (Å²) in [5, 5.41) is 9.19. The molecule has 1 aliphatic heterocycles. The standard InChI is InChI=1S/C25H19ClF3N5O3S/c26-20-6-5-18(14-19(20)25(27,28)29)32-24(35)31-17-4-1-3-16(13-17)22-21(15-7-9-30-10-8-15)23-34(33-22)11-2-12-38(23,36)37/h1,3-10,13-14H,2,11-12H2,(H2,31,32,35). The third-order valence-electron chi connectivity index (χ3n) is 5.88. The Bertz CT molecular complexity index is 1640. The smallest absolute Gasteiger partial charge is 0.308 e. The van der Waals surface area contributed by atoms with Gasteiger partial charge >= 0.3 is 12.2 Å². The molecule has 0 aliphatic carbocycles. The van der Waals surface area contributed by atoms with Crippen molar-refractivity contribution in [3.8, 4) is 22.4 Å². The fourth-order valence-corrected chi connectivity index (χ4v) is 6.16. The van der Waals surface area contributed by atoms with Gasteiger partial charge in [-0.1, -0.05) is 23.7 Å². The number of sulfone groups is 1. The van der Waals surface area contributed by atoms with E-state index >= 15 is 0 Å². The molecule has 4 aromatic rings. The van der Waals surface area contributed by atoms with Gasteiger partial charge in [-0.2, -0.15) is 18.3 Å². The number of rotatable bonds is 4. The molecule has 0 spiro atoms. The van der Waals surface area contributed by atoms with Crippen LogP contribution in [-0.2, 0) is 22.6 Å². The van der Waals surface area contributed by atoms with Gasteiger partial charge in [0, 0.05) is 41.4 Å². The van der Waals surface area contributed by atoms with Gasteiger partial charge in [-0.3, -0.25) is 9.67 Å². The molecule has 0 unspecified atom stereocenters. The quantitative estimate of drug-likeness (QED) is 0.313. The molecule has 13 heteroatoms. The Labute approximate surface area is 220 Å². The van der Waals surface area contributed by atoms with Gasteiger partial charge in [0.25, 0.3) is 0 Å². The summed E-state index contributed by atoms with van der Waals surface area (Å²) >= 11 is 5.64. The van der Waals surface area contributed by atoms with Gasteiger partial charge in [-0.15, -0.1) is 0 Å². The number of benzene rings is 2. The Balaban J connectivity index is 1.47. The first-order valence-corrected chi connectivity index (χ1v) is 13.3. The average Bonchev–Trinajstić information content (AvgIpc) is 3.26. The molecule has 0 saturated carbocycles. The van der Waals surface area contributed by atoms with Gasteiger partial charge in [0.15, 0.2) is 14.9 Å². The average molecular weight is 562 g/mol. The van der Waals surface area contributed by atoms with E-state index in [1.54, 1.807) is 48.8 Å². The van der Waals surface area contributed by atoms with E-state index in [0.29, 0.717) is 41.0 Å². The predicted octanol–water partition coefficient (Wildman–Crippen LogP) is 6.11. The summed E-state index contributed by atoms with van der Waals surface area (Å²) in [6, 6.07) is 12.2. The van der Waals surface area contributed by atoms with Crippen LogP contribution in [-0.4, -0.2) is 35.0 Å². The number of pyridine rings is 1. The molecule has 0 fully saturated rings. The van der Waals surface area contributed by atoms with Crippen molar-refractivity contribution in [3.05, 3.63) is 77.6 Å². The maximum Gasteiger partial charge on any atom is 0.417 e. The Morgan fingerprint density at radius 2 is 1.68 bits per heavy atom. The van der Waals surface area contributed by atoms with Crippen LogP contribution in [0.4, 0.5) is 29.3 Å². The van der Waals surface area contributed by atoms with E-state index in [1.165, 1.54) is 10.7 Å². The van der Waals surface area contributed by atoms with E-state index in [-0.39, 0.29) is 16.5 Å². The van der Waals surface area contributed by atoms with Crippen LogP contribution in [0.25, 0.3) is 22.4 Å². The first-order chi connectivity index (χ1) is 18.0. The number of fused-ring (bicyclic) bond motifs is 1. The zero-order valence-electron chi connectivity index (χ0n) is 19.5. The Hall–Kier alpha value is -3.90. The second-order valence-corrected chi connectivity index (χ2v) is 10.9. The van der Waals surface area contributed by atoms with E-state index in [2.05, 4.69) is 20.7 Å². The minimum Gasteiger partial charge on any atom is -0.308 e. The number of hydrogen-bond donors (Lipinski definition) is 2. The SMILES string of the molecule is O=C(Nc1cccc(-c2nn3c(c2-c2ccncc2)S(=O)(=O)CCC3)c1)Nc1ccc(Cl)c(C(F)(F)F)c1. The molecule has 38 heavy (non-hydrogen) atoms. The summed E-state index contributed by atoms with van der Waals surface area (Å²) in [7, 11) is -3.58. The fourth-order valence-electron chi connectivity index (χ4n) is 4.25. The number of aryl methyl sites for hydroxylation is 1. The summed E-state index contributed by atoms with van der Waals surface area (Å²) in [4.78, 5) is 16.6. The van der Waals surface area contributed by atoms with Gasteiger partial charge in [0.1, 0.15) is 5.69 Å². The van der Waals surface area contributed by atoms with Gasteiger partial charge in [0.05, 0.1) is 16.3 Å². The predicted molar refractivity (Wildman–Crippen MR) is 137 cm³/mol. The van der Waals surface area contributed by atoms with Crippen LogP contribution in [0.5, 0.6) is 0 Å². The molecule has 2 amide bonds. The Kier molecular flexibility index (Phi) is 6.61. The second kappa shape index (κ2) is 9.76. The van der Waals surface area contributed by atoms with E-state index < -0.39 is 32.6 Å². The van der Waals surface area contributed by atoms with Gasteiger partial charge < -0.3 is 10.6 Å². The van der Waals surface area contributed by atoms with E-state index in [1.807, 2.05) is 0 Å². The lowest BCUT2D eigenvalue weighted by Crippen LogP contribution is -2.21. The molecule has 2 aromatic carbocycles. The fraction of sp³-hybridized carbons (Fsp3) is 0.160. The zero-order chi connectivity index (χ0) is 27.1. The molecular weight excluding hydrogens is 543 g/mol. The molecule has 3 heterocycles. The molecule has 0 radical (unpaired) electrons. The highest BCUT2D eigenvalue weighted by molar-refractivity contribution is 7.91. The normalized spacial score (nSPS) is 14.5. The van der Waals surface area contributed by atoms with Gasteiger partial charge in [0.2, 0.25) is 0 Å². The number of amides is 2. The van der Waals surface area contributed by atoms with Crippen LogP contribution < -0.4 is 10.6 Å². The number of hydrogen-bond acceptors (Lipinski definition) is 5. The number of halogens is 4. The first-order valence-electron chi connectivity index (χ1n) is 11.3. The van der Waals surface area contributed by atoms with E-state index in [4.69, 9.17) is 11.6 Å². The van der Waals surface area contributed by atoms with Crippen LogP contribution in [0.15, 0.2) is 72.0 Å². The van der Waals surface area contributed by atoms with Crippen LogP contribution in [0.1, 0.15) is 12.0 Å². The molecular formula is C25H19ClF3N5O3S.